The summed E-state index contributed by atoms with van der Waals surface area (Å²) in [7, 11) is 0. The summed E-state index contributed by atoms with van der Waals surface area (Å²) < 4.78 is 0. The molecule has 1 aromatic heterocycles. The summed E-state index contributed by atoms with van der Waals surface area (Å²) in [6, 6.07) is 0. The molecule has 0 amide bonds. The molecule has 0 aliphatic rings. The van der Waals surface area contributed by atoms with Gasteiger partial charge in [0.1, 0.15) is 5.82 Å². The summed E-state index contributed by atoms with van der Waals surface area (Å²) in [4.78, 5) is 18.9. The number of aromatic nitrogens is 2. The van der Waals surface area contributed by atoms with Gasteiger partial charge in [0, 0.05) is 6.20 Å². The van der Waals surface area contributed by atoms with E-state index in [4.69, 9.17) is 5.11 Å². The van der Waals surface area contributed by atoms with Gasteiger partial charge in [-0.3, -0.25) is 0 Å². The van der Waals surface area contributed by atoms with Crippen LogP contribution in [0.1, 0.15) is 28.8 Å². The average molecular weight is 212 g/mol. The van der Waals surface area contributed by atoms with Crippen LogP contribution in [0.4, 0.5) is 0 Å². The molecular weight excluding hydrogens is 200 g/mol. The van der Waals surface area contributed by atoms with Crippen LogP contribution >= 0.6 is 11.8 Å². The number of nitrogens with zero attached hydrogens (tertiary/aromatic N) is 2. The number of hydrogen-bond acceptors (Lipinski definition) is 4. The van der Waals surface area contributed by atoms with Crippen molar-refractivity contribution < 1.29 is 9.90 Å². The van der Waals surface area contributed by atoms with E-state index < -0.39 is 5.97 Å². The molecule has 0 radical (unpaired) electrons. The van der Waals surface area contributed by atoms with Crippen LogP contribution in [0.5, 0.6) is 0 Å². The molecule has 0 fully saturated rings. The minimum Gasteiger partial charge on any atom is -0.478 e. The number of carbonyl (C=O) groups is 1. The number of carboxylic acids is 1. The maximum absolute atomic E-state index is 10.8. The van der Waals surface area contributed by atoms with Crippen LogP contribution in [0.2, 0.25) is 0 Å². The molecule has 1 aromatic rings. The van der Waals surface area contributed by atoms with E-state index in [-0.39, 0.29) is 5.56 Å². The third-order valence-electron chi connectivity index (χ3n) is 1.76. The summed E-state index contributed by atoms with van der Waals surface area (Å²) >= 11 is 1.62. The Kier molecular flexibility index (Phi) is 3.88. The summed E-state index contributed by atoms with van der Waals surface area (Å²) in [5, 5.41) is 8.83. The van der Waals surface area contributed by atoms with Crippen molar-refractivity contribution in [2.45, 2.75) is 19.1 Å². The standard InChI is InChI=1S/C9H12N2O2S/c1-3-7-6(9(12)13)4-10-8(11-7)5-14-2/h4H,3,5H2,1-2H3,(H,12,13). The van der Waals surface area contributed by atoms with Crippen LogP contribution in [0.15, 0.2) is 6.20 Å². The van der Waals surface area contributed by atoms with Crippen molar-refractivity contribution in [3.63, 3.8) is 0 Å². The fourth-order valence-electron chi connectivity index (χ4n) is 1.11. The maximum Gasteiger partial charge on any atom is 0.339 e. The summed E-state index contributed by atoms with van der Waals surface area (Å²) in [5.74, 6) is 0.448. The first-order valence-corrected chi connectivity index (χ1v) is 5.65. The molecule has 0 unspecified atom stereocenters. The Bertz CT molecular complexity index is 342. The molecule has 4 nitrogen and oxygen atoms in total. The fourth-order valence-corrected chi connectivity index (χ4v) is 1.50. The second-order valence-corrected chi connectivity index (χ2v) is 3.60. The largest absolute Gasteiger partial charge is 0.478 e. The molecule has 0 aliphatic carbocycles. The van der Waals surface area contributed by atoms with Gasteiger partial charge in [-0.2, -0.15) is 11.8 Å². The third kappa shape index (κ3) is 2.45. The van der Waals surface area contributed by atoms with Gasteiger partial charge < -0.3 is 5.11 Å². The first kappa shape index (κ1) is 11.0. The molecule has 0 aliphatic heterocycles. The zero-order valence-corrected chi connectivity index (χ0v) is 8.97. The van der Waals surface area contributed by atoms with Crippen LogP contribution in [0.3, 0.4) is 0 Å². The van der Waals surface area contributed by atoms with Gasteiger partial charge >= 0.3 is 5.97 Å². The zero-order chi connectivity index (χ0) is 10.6. The highest BCUT2D eigenvalue weighted by Gasteiger charge is 2.11. The highest BCUT2D eigenvalue weighted by Crippen LogP contribution is 2.09. The molecule has 1 N–H and O–H groups in total. The number of carboxylic acid groups (broad SMARTS) is 1. The SMILES string of the molecule is CCc1nc(CSC)ncc1C(=O)O. The Hall–Kier alpha value is -1.10. The lowest BCUT2D eigenvalue weighted by atomic mass is 10.2. The molecule has 0 spiro atoms. The van der Waals surface area contributed by atoms with Gasteiger partial charge in [0.05, 0.1) is 17.0 Å². The van der Waals surface area contributed by atoms with Crippen molar-refractivity contribution in [3.8, 4) is 0 Å². The molecule has 0 bridgehead atoms. The van der Waals surface area contributed by atoms with Crippen LogP contribution in [0, 0.1) is 0 Å². The van der Waals surface area contributed by atoms with Gasteiger partial charge in [0.25, 0.3) is 0 Å². The van der Waals surface area contributed by atoms with Crippen LogP contribution < -0.4 is 0 Å². The quantitative estimate of drug-likeness (QED) is 0.821. The first-order valence-electron chi connectivity index (χ1n) is 4.26. The summed E-state index contributed by atoms with van der Waals surface area (Å²) in [6.45, 7) is 1.89. The summed E-state index contributed by atoms with van der Waals surface area (Å²) in [5.41, 5.74) is 0.814. The van der Waals surface area contributed by atoms with E-state index in [1.807, 2.05) is 13.2 Å². The predicted octanol–water partition coefficient (Wildman–Crippen LogP) is 1.60. The Labute approximate surface area is 86.8 Å². The molecule has 0 saturated heterocycles. The molecule has 1 heterocycles. The lowest BCUT2D eigenvalue weighted by Gasteiger charge is -2.03. The zero-order valence-electron chi connectivity index (χ0n) is 8.15. The molecule has 1 rings (SSSR count). The molecule has 0 atom stereocenters. The minimum absolute atomic E-state index is 0.206. The average Bonchev–Trinajstić information content (AvgIpc) is 2.17. The van der Waals surface area contributed by atoms with Crippen LogP contribution in [-0.2, 0) is 12.2 Å². The highest BCUT2D eigenvalue weighted by molar-refractivity contribution is 7.97. The van der Waals surface area contributed by atoms with Crippen molar-refractivity contribution in [1.29, 1.82) is 0 Å². The van der Waals surface area contributed by atoms with Gasteiger partial charge in [-0.1, -0.05) is 6.92 Å². The Morgan fingerprint density at radius 1 is 1.64 bits per heavy atom. The van der Waals surface area contributed by atoms with Crippen molar-refractivity contribution in [2.24, 2.45) is 0 Å². The number of aryl methyl sites for hydroxylation is 1. The molecule has 76 valence electrons. The predicted molar refractivity (Wildman–Crippen MR) is 55.6 cm³/mol. The van der Waals surface area contributed by atoms with E-state index in [0.29, 0.717) is 23.7 Å². The maximum atomic E-state index is 10.8. The second-order valence-electron chi connectivity index (χ2n) is 2.74. The molecule has 14 heavy (non-hydrogen) atoms. The number of aromatic carboxylic acids is 1. The van der Waals surface area contributed by atoms with E-state index in [2.05, 4.69) is 9.97 Å². The van der Waals surface area contributed by atoms with Crippen LogP contribution in [-0.4, -0.2) is 27.3 Å². The monoisotopic (exact) mass is 212 g/mol. The van der Waals surface area contributed by atoms with E-state index >= 15 is 0 Å². The van der Waals surface area contributed by atoms with Crippen molar-refractivity contribution in [3.05, 3.63) is 23.3 Å². The summed E-state index contributed by atoms with van der Waals surface area (Å²) in [6.07, 6.45) is 3.96. The van der Waals surface area contributed by atoms with E-state index in [1.54, 1.807) is 11.8 Å². The molecular formula is C9H12N2O2S. The Morgan fingerprint density at radius 2 is 2.36 bits per heavy atom. The normalized spacial score (nSPS) is 10.1. The van der Waals surface area contributed by atoms with Gasteiger partial charge in [-0.25, -0.2) is 14.8 Å². The fraction of sp³-hybridized carbons (Fsp3) is 0.444. The molecule has 5 heteroatoms. The number of thioether (sulfide) groups is 1. The Morgan fingerprint density at radius 3 is 2.86 bits per heavy atom. The number of rotatable bonds is 4. The first-order chi connectivity index (χ1) is 6.69. The topological polar surface area (TPSA) is 63.1 Å². The van der Waals surface area contributed by atoms with E-state index in [9.17, 15) is 4.79 Å². The van der Waals surface area contributed by atoms with E-state index in [0.717, 1.165) is 0 Å². The van der Waals surface area contributed by atoms with Gasteiger partial charge in [-0.05, 0) is 12.7 Å². The van der Waals surface area contributed by atoms with Gasteiger partial charge in [0.2, 0.25) is 0 Å². The number of hydrogen-bond donors (Lipinski definition) is 1. The Balaban J connectivity index is 3.05. The van der Waals surface area contributed by atoms with Gasteiger partial charge in [0.15, 0.2) is 0 Å². The lowest BCUT2D eigenvalue weighted by Crippen LogP contribution is -2.07. The molecule has 0 aromatic carbocycles. The minimum atomic E-state index is -0.961. The van der Waals surface area contributed by atoms with Crippen LogP contribution in [0.25, 0.3) is 0 Å². The van der Waals surface area contributed by atoms with Crippen molar-refractivity contribution in [2.75, 3.05) is 6.26 Å². The lowest BCUT2D eigenvalue weighted by molar-refractivity contribution is 0.0694. The van der Waals surface area contributed by atoms with Crippen molar-refractivity contribution >= 4 is 17.7 Å². The van der Waals surface area contributed by atoms with Gasteiger partial charge in [-0.15, -0.1) is 0 Å². The molecule has 0 saturated carbocycles. The second kappa shape index (κ2) is 4.95. The van der Waals surface area contributed by atoms with E-state index in [1.165, 1.54) is 6.20 Å². The third-order valence-corrected chi connectivity index (χ3v) is 2.30. The smallest absolute Gasteiger partial charge is 0.339 e. The highest BCUT2D eigenvalue weighted by atomic mass is 32.2. The van der Waals surface area contributed by atoms with Crippen molar-refractivity contribution in [1.82, 2.24) is 9.97 Å².